The Hall–Kier alpha value is -0.650. The molecule has 2 atom stereocenters. The van der Waals surface area contributed by atoms with E-state index in [2.05, 4.69) is 4.90 Å². The molecule has 1 aliphatic rings. The zero-order valence-corrected chi connectivity index (χ0v) is 12.2. The van der Waals surface area contributed by atoms with Crippen molar-refractivity contribution in [3.8, 4) is 0 Å². The lowest BCUT2D eigenvalue weighted by atomic mass is 9.93. The topological polar surface area (TPSA) is 75.8 Å². The van der Waals surface area contributed by atoms with Crippen molar-refractivity contribution >= 4 is 5.91 Å². The van der Waals surface area contributed by atoms with Gasteiger partial charge < -0.3 is 20.5 Å². The first-order chi connectivity index (χ1) is 8.97. The van der Waals surface area contributed by atoms with E-state index < -0.39 is 6.10 Å². The van der Waals surface area contributed by atoms with Crippen LogP contribution in [0.3, 0.4) is 0 Å². The van der Waals surface area contributed by atoms with E-state index >= 15 is 0 Å². The molecule has 0 aromatic carbocycles. The summed E-state index contributed by atoms with van der Waals surface area (Å²) in [6.07, 6.45) is 3.34. The standard InChI is InChI=1S/C14H28N2O3/c1-11(2)19-10-13(17)9-16-7-3-4-12(8-16)5-6-14(15)18/h11-13,17H,3-10H2,1-2H3,(H2,15,18). The van der Waals surface area contributed by atoms with Crippen LogP contribution in [0.4, 0.5) is 0 Å². The summed E-state index contributed by atoms with van der Waals surface area (Å²) in [5.41, 5.74) is 5.18. The molecule has 1 heterocycles. The second-order valence-corrected chi connectivity index (χ2v) is 5.81. The minimum absolute atomic E-state index is 0.152. The van der Waals surface area contributed by atoms with E-state index in [1.807, 2.05) is 13.8 Å². The number of carbonyl (C=O) groups is 1. The highest BCUT2D eigenvalue weighted by atomic mass is 16.5. The molecule has 112 valence electrons. The summed E-state index contributed by atoms with van der Waals surface area (Å²) in [7, 11) is 0. The van der Waals surface area contributed by atoms with Gasteiger partial charge in [-0.3, -0.25) is 4.79 Å². The molecule has 0 spiro atoms. The molecule has 0 saturated carbocycles. The van der Waals surface area contributed by atoms with Gasteiger partial charge in [-0.05, 0) is 45.6 Å². The normalized spacial score (nSPS) is 22.6. The predicted octanol–water partition coefficient (Wildman–Crippen LogP) is 0.750. The van der Waals surface area contributed by atoms with Crippen LogP contribution in [0, 0.1) is 5.92 Å². The van der Waals surface area contributed by atoms with E-state index in [0.29, 0.717) is 25.5 Å². The van der Waals surface area contributed by atoms with Gasteiger partial charge in [0.2, 0.25) is 5.91 Å². The van der Waals surface area contributed by atoms with Crippen LogP contribution in [-0.4, -0.2) is 54.4 Å². The first-order valence-corrected chi connectivity index (χ1v) is 7.27. The van der Waals surface area contributed by atoms with E-state index in [0.717, 1.165) is 32.4 Å². The number of likely N-dealkylation sites (tertiary alicyclic amines) is 1. The molecule has 0 aromatic heterocycles. The van der Waals surface area contributed by atoms with Crippen LogP contribution >= 0.6 is 0 Å². The Morgan fingerprint density at radius 3 is 2.89 bits per heavy atom. The summed E-state index contributed by atoms with van der Waals surface area (Å²) in [5, 5.41) is 9.91. The minimum atomic E-state index is -0.433. The predicted molar refractivity (Wildman–Crippen MR) is 74.7 cm³/mol. The van der Waals surface area contributed by atoms with Crippen molar-refractivity contribution in [3.05, 3.63) is 0 Å². The van der Waals surface area contributed by atoms with Crippen molar-refractivity contribution in [2.75, 3.05) is 26.2 Å². The molecule has 1 aliphatic heterocycles. The van der Waals surface area contributed by atoms with Gasteiger partial charge in [-0.15, -0.1) is 0 Å². The Bertz CT molecular complexity index is 271. The van der Waals surface area contributed by atoms with Gasteiger partial charge in [0.25, 0.3) is 0 Å². The molecule has 0 bridgehead atoms. The monoisotopic (exact) mass is 272 g/mol. The maximum atomic E-state index is 10.8. The summed E-state index contributed by atoms with van der Waals surface area (Å²) in [6, 6.07) is 0. The van der Waals surface area contributed by atoms with Crippen LogP contribution in [0.15, 0.2) is 0 Å². The Labute approximate surface area is 116 Å². The fourth-order valence-electron chi connectivity index (χ4n) is 2.55. The van der Waals surface area contributed by atoms with Crippen molar-refractivity contribution in [2.45, 2.75) is 51.7 Å². The molecule has 5 heteroatoms. The lowest BCUT2D eigenvalue weighted by molar-refractivity contribution is -0.118. The van der Waals surface area contributed by atoms with Gasteiger partial charge >= 0.3 is 0 Å². The highest BCUT2D eigenvalue weighted by Crippen LogP contribution is 2.20. The van der Waals surface area contributed by atoms with Crippen molar-refractivity contribution < 1.29 is 14.6 Å². The number of hydrogen-bond donors (Lipinski definition) is 2. The summed E-state index contributed by atoms with van der Waals surface area (Å²) in [4.78, 5) is 13.1. The third-order valence-electron chi connectivity index (χ3n) is 3.49. The van der Waals surface area contributed by atoms with Gasteiger partial charge in [0.05, 0.1) is 18.8 Å². The number of nitrogens with zero attached hydrogens (tertiary/aromatic N) is 1. The number of carbonyl (C=O) groups excluding carboxylic acids is 1. The number of primary amides is 1. The average Bonchev–Trinajstić information content (AvgIpc) is 2.34. The van der Waals surface area contributed by atoms with E-state index in [1.54, 1.807) is 0 Å². The van der Waals surface area contributed by atoms with Crippen LogP contribution in [0.2, 0.25) is 0 Å². The molecule has 0 aromatic rings. The number of amides is 1. The van der Waals surface area contributed by atoms with E-state index in [-0.39, 0.29) is 12.0 Å². The molecule has 0 radical (unpaired) electrons. The number of rotatable bonds is 8. The van der Waals surface area contributed by atoms with Crippen LogP contribution in [0.25, 0.3) is 0 Å². The molecule has 5 nitrogen and oxygen atoms in total. The van der Waals surface area contributed by atoms with Crippen molar-refractivity contribution in [1.29, 1.82) is 0 Å². The van der Waals surface area contributed by atoms with Gasteiger partial charge in [-0.25, -0.2) is 0 Å². The third kappa shape index (κ3) is 7.50. The van der Waals surface area contributed by atoms with Gasteiger partial charge in [-0.1, -0.05) is 0 Å². The largest absolute Gasteiger partial charge is 0.389 e. The summed E-state index contributed by atoms with van der Waals surface area (Å²) in [5.74, 6) is 0.307. The van der Waals surface area contributed by atoms with Gasteiger partial charge in [0, 0.05) is 19.5 Å². The Morgan fingerprint density at radius 1 is 1.53 bits per heavy atom. The van der Waals surface area contributed by atoms with E-state index in [4.69, 9.17) is 10.5 Å². The van der Waals surface area contributed by atoms with E-state index in [1.165, 1.54) is 0 Å². The number of hydrogen-bond acceptors (Lipinski definition) is 4. The molecule has 19 heavy (non-hydrogen) atoms. The molecular weight excluding hydrogens is 244 g/mol. The fraction of sp³-hybridized carbons (Fsp3) is 0.929. The second kappa shape index (κ2) is 8.51. The molecule has 1 amide bonds. The molecular formula is C14H28N2O3. The lowest BCUT2D eigenvalue weighted by Gasteiger charge is -2.33. The lowest BCUT2D eigenvalue weighted by Crippen LogP contribution is -2.41. The summed E-state index contributed by atoms with van der Waals surface area (Å²) in [6.45, 7) is 6.94. The number of aliphatic hydroxyl groups excluding tert-OH is 1. The zero-order chi connectivity index (χ0) is 14.3. The van der Waals surface area contributed by atoms with Crippen LogP contribution < -0.4 is 5.73 Å². The smallest absolute Gasteiger partial charge is 0.217 e. The van der Waals surface area contributed by atoms with Crippen molar-refractivity contribution in [3.63, 3.8) is 0 Å². The third-order valence-corrected chi connectivity index (χ3v) is 3.49. The molecule has 2 unspecified atom stereocenters. The highest BCUT2D eigenvalue weighted by molar-refractivity contribution is 5.73. The fourth-order valence-corrected chi connectivity index (χ4v) is 2.55. The Balaban J connectivity index is 2.24. The summed E-state index contributed by atoms with van der Waals surface area (Å²) < 4.78 is 5.41. The molecule has 1 fully saturated rings. The Morgan fingerprint density at radius 2 is 2.26 bits per heavy atom. The van der Waals surface area contributed by atoms with Gasteiger partial charge in [-0.2, -0.15) is 0 Å². The highest BCUT2D eigenvalue weighted by Gasteiger charge is 2.22. The quantitative estimate of drug-likeness (QED) is 0.683. The molecule has 3 N–H and O–H groups in total. The van der Waals surface area contributed by atoms with Crippen molar-refractivity contribution in [1.82, 2.24) is 4.90 Å². The number of ether oxygens (including phenoxy) is 1. The first kappa shape index (κ1) is 16.4. The van der Waals surface area contributed by atoms with Crippen molar-refractivity contribution in [2.24, 2.45) is 11.7 Å². The average molecular weight is 272 g/mol. The summed E-state index contributed by atoms with van der Waals surface area (Å²) >= 11 is 0. The minimum Gasteiger partial charge on any atom is -0.389 e. The van der Waals surface area contributed by atoms with Gasteiger partial charge in [0.15, 0.2) is 0 Å². The van der Waals surface area contributed by atoms with Crippen LogP contribution in [0.5, 0.6) is 0 Å². The van der Waals surface area contributed by atoms with Crippen LogP contribution in [0.1, 0.15) is 39.5 Å². The SMILES string of the molecule is CC(C)OCC(O)CN1CCCC(CCC(N)=O)C1. The van der Waals surface area contributed by atoms with E-state index in [9.17, 15) is 9.90 Å². The maximum Gasteiger partial charge on any atom is 0.217 e. The number of β-amino-alcohol motifs (C(OH)–C–C–N with tert-alkyl or cyclic N) is 1. The molecule has 1 rings (SSSR count). The number of aliphatic hydroxyl groups is 1. The molecule has 1 saturated heterocycles. The maximum absolute atomic E-state index is 10.8. The molecule has 0 aliphatic carbocycles. The zero-order valence-electron chi connectivity index (χ0n) is 12.2. The van der Waals surface area contributed by atoms with Crippen LogP contribution in [-0.2, 0) is 9.53 Å². The van der Waals surface area contributed by atoms with Gasteiger partial charge in [0.1, 0.15) is 0 Å². The number of nitrogens with two attached hydrogens (primary N) is 1. The Kier molecular flexibility index (Phi) is 7.34. The second-order valence-electron chi connectivity index (χ2n) is 5.81. The number of piperidine rings is 1. The first-order valence-electron chi connectivity index (χ1n) is 7.27.